The molecular weight excluding hydrogens is 358 g/mol. The third-order valence-corrected chi connectivity index (χ3v) is 3.01. The van der Waals surface area contributed by atoms with Gasteiger partial charge in [0.25, 0.3) is 0 Å². The summed E-state index contributed by atoms with van der Waals surface area (Å²) < 4.78 is 31.6. The largest absolute Gasteiger partial charge is 0.394 e. The Labute approximate surface area is 152 Å². The van der Waals surface area contributed by atoms with E-state index in [9.17, 15) is 4.79 Å². The minimum atomic E-state index is -4.67. The van der Waals surface area contributed by atoms with Crippen molar-refractivity contribution >= 4 is 28.1 Å². The highest BCUT2D eigenvalue weighted by atomic mass is 32.3. The molecule has 2 rings (SSSR count). The fourth-order valence-electron chi connectivity index (χ4n) is 1.89. The number of rotatable bonds is 6. The van der Waals surface area contributed by atoms with Crippen LogP contribution in [0.2, 0.25) is 0 Å². The highest BCUT2D eigenvalue weighted by molar-refractivity contribution is 7.79. The molecule has 0 fully saturated rings. The summed E-state index contributed by atoms with van der Waals surface area (Å²) in [6.07, 6.45) is 4.18. The Kier molecular flexibility index (Phi) is 9.20. The van der Waals surface area contributed by atoms with Gasteiger partial charge in [0.05, 0.1) is 0 Å². The van der Waals surface area contributed by atoms with Crippen LogP contribution in [0.15, 0.2) is 60.7 Å². The first kappa shape index (κ1) is 21.5. The number of nitrogens with one attached hydrogen (secondary N) is 2. The molecule has 0 aliphatic heterocycles. The lowest BCUT2D eigenvalue weighted by molar-refractivity contribution is -0.111. The summed E-state index contributed by atoms with van der Waals surface area (Å²) in [6, 6.07) is 17.5. The topological polar surface area (TPSA) is 142 Å². The van der Waals surface area contributed by atoms with Crippen molar-refractivity contribution in [3.05, 3.63) is 71.8 Å². The highest BCUT2D eigenvalue weighted by Gasteiger charge is 1.98. The molecule has 6 N–H and O–H groups in total. The Morgan fingerprint density at radius 3 is 2.15 bits per heavy atom. The van der Waals surface area contributed by atoms with Crippen molar-refractivity contribution in [1.82, 2.24) is 5.43 Å². The number of nitrogens with two attached hydrogens (primary N) is 1. The molecule has 0 heterocycles. The number of hydrogen-bond donors (Lipinski definition) is 5. The summed E-state index contributed by atoms with van der Waals surface area (Å²) in [6.45, 7) is 0.728. The molecule has 2 aromatic rings. The van der Waals surface area contributed by atoms with E-state index in [4.69, 9.17) is 23.4 Å². The molecule has 140 valence electrons. The maximum Gasteiger partial charge on any atom is 0.394 e. The SMILES string of the molecule is NNCCc1ccc(NC(=O)/C=C/c2ccccc2)cc1.O=S(=O)(O)O. The van der Waals surface area contributed by atoms with E-state index in [-0.39, 0.29) is 5.91 Å². The Balaban J connectivity index is 0.000000597. The predicted octanol–water partition coefficient (Wildman–Crippen LogP) is 1.69. The second-order valence-electron chi connectivity index (χ2n) is 5.08. The van der Waals surface area contributed by atoms with Crippen LogP contribution in [-0.2, 0) is 21.6 Å². The van der Waals surface area contributed by atoms with Crippen molar-refractivity contribution in [3.63, 3.8) is 0 Å². The third kappa shape index (κ3) is 11.1. The van der Waals surface area contributed by atoms with Crippen LogP contribution in [0, 0.1) is 0 Å². The van der Waals surface area contributed by atoms with E-state index in [1.165, 1.54) is 11.6 Å². The minimum absolute atomic E-state index is 0.143. The molecule has 1 amide bonds. The van der Waals surface area contributed by atoms with Gasteiger partial charge in [-0.2, -0.15) is 8.42 Å². The van der Waals surface area contributed by atoms with E-state index < -0.39 is 10.4 Å². The Morgan fingerprint density at radius 1 is 1.04 bits per heavy atom. The molecule has 0 saturated heterocycles. The van der Waals surface area contributed by atoms with Gasteiger partial charge in [0.15, 0.2) is 0 Å². The Bertz CT molecular complexity index is 798. The summed E-state index contributed by atoms with van der Waals surface area (Å²) in [5.41, 5.74) is 5.57. The molecular formula is C17H21N3O5S. The standard InChI is InChI=1S/C17H19N3O.H2O4S/c18-19-13-12-15-6-9-16(10-7-15)20-17(21)11-8-14-4-2-1-3-5-14;1-5(2,3)4/h1-11,19H,12-13,18H2,(H,20,21);(H2,1,2,3,4)/b11-8+;. The second-order valence-corrected chi connectivity index (χ2v) is 5.98. The zero-order valence-electron chi connectivity index (χ0n) is 13.9. The average Bonchev–Trinajstić information content (AvgIpc) is 2.59. The van der Waals surface area contributed by atoms with E-state index in [0.717, 1.165) is 24.2 Å². The number of amides is 1. The molecule has 26 heavy (non-hydrogen) atoms. The number of hydrogen-bond acceptors (Lipinski definition) is 5. The van der Waals surface area contributed by atoms with Crippen LogP contribution in [0.5, 0.6) is 0 Å². The first-order chi connectivity index (χ1) is 12.3. The maximum atomic E-state index is 11.8. The first-order valence-electron chi connectivity index (χ1n) is 7.54. The highest BCUT2D eigenvalue weighted by Crippen LogP contribution is 2.10. The molecule has 8 nitrogen and oxygen atoms in total. The fourth-order valence-corrected chi connectivity index (χ4v) is 1.89. The summed E-state index contributed by atoms with van der Waals surface area (Å²) in [5.74, 6) is 5.10. The van der Waals surface area contributed by atoms with Crippen molar-refractivity contribution in [1.29, 1.82) is 0 Å². The zero-order valence-corrected chi connectivity index (χ0v) is 14.7. The Morgan fingerprint density at radius 2 is 1.62 bits per heavy atom. The van der Waals surface area contributed by atoms with Crippen molar-refractivity contribution in [2.24, 2.45) is 5.84 Å². The number of carbonyl (C=O) groups is 1. The average molecular weight is 379 g/mol. The summed E-state index contributed by atoms with van der Waals surface area (Å²) in [5, 5.41) is 2.83. The molecule has 0 radical (unpaired) electrons. The normalized spacial score (nSPS) is 10.9. The molecule has 0 atom stereocenters. The third-order valence-electron chi connectivity index (χ3n) is 3.01. The molecule has 0 aromatic heterocycles. The fraction of sp³-hybridized carbons (Fsp3) is 0.118. The maximum absolute atomic E-state index is 11.8. The first-order valence-corrected chi connectivity index (χ1v) is 8.94. The number of benzene rings is 2. The van der Waals surface area contributed by atoms with Gasteiger partial charge in [-0.05, 0) is 35.8 Å². The van der Waals surface area contributed by atoms with Crippen LogP contribution in [0.25, 0.3) is 6.08 Å². The molecule has 0 aliphatic rings. The van der Waals surface area contributed by atoms with E-state index in [1.54, 1.807) is 6.08 Å². The van der Waals surface area contributed by atoms with Gasteiger partial charge in [-0.1, -0.05) is 42.5 Å². The van der Waals surface area contributed by atoms with Gasteiger partial charge in [-0.25, -0.2) is 0 Å². The Hall–Kier alpha value is -2.56. The molecule has 0 aliphatic carbocycles. The number of hydrazine groups is 1. The van der Waals surface area contributed by atoms with E-state index in [0.29, 0.717) is 0 Å². The molecule has 2 aromatic carbocycles. The summed E-state index contributed by atoms with van der Waals surface area (Å²) in [7, 11) is -4.67. The second kappa shape index (κ2) is 11.1. The summed E-state index contributed by atoms with van der Waals surface area (Å²) >= 11 is 0. The van der Waals surface area contributed by atoms with Crippen LogP contribution >= 0.6 is 0 Å². The van der Waals surface area contributed by atoms with Crippen LogP contribution < -0.4 is 16.6 Å². The van der Waals surface area contributed by atoms with Gasteiger partial charge < -0.3 is 5.32 Å². The van der Waals surface area contributed by atoms with E-state index >= 15 is 0 Å². The molecule has 0 saturated carbocycles. The van der Waals surface area contributed by atoms with Crippen LogP contribution in [0.3, 0.4) is 0 Å². The van der Waals surface area contributed by atoms with Gasteiger partial charge in [0, 0.05) is 18.3 Å². The van der Waals surface area contributed by atoms with Crippen LogP contribution in [0.4, 0.5) is 5.69 Å². The van der Waals surface area contributed by atoms with Crippen LogP contribution in [-0.4, -0.2) is 30.0 Å². The molecule has 0 unspecified atom stereocenters. The van der Waals surface area contributed by atoms with Crippen LogP contribution in [0.1, 0.15) is 11.1 Å². The van der Waals surface area contributed by atoms with Crippen molar-refractivity contribution in [3.8, 4) is 0 Å². The van der Waals surface area contributed by atoms with Crippen molar-refractivity contribution in [2.75, 3.05) is 11.9 Å². The lowest BCUT2D eigenvalue weighted by Crippen LogP contribution is -2.24. The zero-order chi connectivity index (χ0) is 19.4. The van der Waals surface area contributed by atoms with E-state index in [2.05, 4.69) is 10.7 Å². The molecule has 9 heteroatoms. The number of anilines is 1. The van der Waals surface area contributed by atoms with Crippen molar-refractivity contribution < 1.29 is 22.3 Å². The quantitative estimate of drug-likeness (QED) is 0.222. The summed E-state index contributed by atoms with van der Waals surface area (Å²) in [4.78, 5) is 11.8. The van der Waals surface area contributed by atoms with Gasteiger partial charge >= 0.3 is 10.4 Å². The minimum Gasteiger partial charge on any atom is -0.323 e. The van der Waals surface area contributed by atoms with Gasteiger partial charge in [-0.15, -0.1) is 0 Å². The monoisotopic (exact) mass is 379 g/mol. The molecule has 0 spiro atoms. The lowest BCUT2D eigenvalue weighted by Gasteiger charge is -2.04. The van der Waals surface area contributed by atoms with E-state index in [1.807, 2.05) is 54.6 Å². The smallest absolute Gasteiger partial charge is 0.323 e. The van der Waals surface area contributed by atoms with Gasteiger partial charge in [0.1, 0.15) is 0 Å². The van der Waals surface area contributed by atoms with Gasteiger partial charge in [-0.3, -0.25) is 25.2 Å². The lowest BCUT2D eigenvalue weighted by atomic mass is 10.1. The predicted molar refractivity (Wildman–Crippen MR) is 101 cm³/mol. The van der Waals surface area contributed by atoms with Crippen molar-refractivity contribution in [2.45, 2.75) is 6.42 Å². The van der Waals surface area contributed by atoms with Gasteiger partial charge in [0.2, 0.25) is 5.91 Å². The number of carbonyl (C=O) groups excluding carboxylic acids is 1. The molecule has 0 bridgehead atoms.